The van der Waals surface area contributed by atoms with Gasteiger partial charge in [-0.1, -0.05) is 6.42 Å². The molecule has 0 saturated heterocycles. The Balaban J connectivity index is 2.23. The summed E-state index contributed by atoms with van der Waals surface area (Å²) in [6.07, 6.45) is 2.95. The maximum absolute atomic E-state index is 12.1. The summed E-state index contributed by atoms with van der Waals surface area (Å²) in [7, 11) is -1.88. The Kier molecular flexibility index (Phi) is 3.28. The van der Waals surface area contributed by atoms with Crippen LogP contribution in [0.2, 0.25) is 0 Å². The fourth-order valence-corrected chi connectivity index (χ4v) is 3.14. The molecule has 1 aromatic rings. The molecule has 6 heteroatoms. The predicted octanol–water partition coefficient (Wildman–Crippen LogP) is 2.19. The first-order valence-corrected chi connectivity index (χ1v) is 7.16. The van der Waals surface area contributed by atoms with Crippen LogP contribution in [-0.4, -0.2) is 25.8 Å². The van der Waals surface area contributed by atoms with Crippen LogP contribution in [0.4, 0.5) is 0 Å². The van der Waals surface area contributed by atoms with Gasteiger partial charge in [0.2, 0.25) is 5.09 Å². The number of hydrogen-bond donors (Lipinski definition) is 0. The Morgan fingerprint density at radius 3 is 2.62 bits per heavy atom. The lowest BCUT2D eigenvalue weighted by Crippen LogP contribution is -2.41. The van der Waals surface area contributed by atoms with E-state index in [9.17, 15) is 8.42 Å². The number of rotatable bonds is 4. The molecule has 0 bridgehead atoms. The van der Waals surface area contributed by atoms with Crippen molar-refractivity contribution in [2.24, 2.45) is 0 Å². The summed E-state index contributed by atoms with van der Waals surface area (Å²) in [6.45, 7) is 0. The van der Waals surface area contributed by atoms with E-state index in [-0.39, 0.29) is 17.0 Å². The fraction of sp³-hybridized carbons (Fsp3) is 0.600. The van der Waals surface area contributed by atoms with Crippen molar-refractivity contribution in [3.63, 3.8) is 0 Å². The molecular weight excluding hydrogens is 250 g/mol. The minimum atomic E-state index is -3.48. The highest BCUT2D eigenvalue weighted by Crippen LogP contribution is 2.29. The Labute approximate surface area is 100 Å². The molecule has 0 amide bonds. The highest BCUT2D eigenvalue weighted by atomic mass is 35.5. The maximum Gasteiger partial charge on any atom is 0.276 e. The Bertz CT molecular complexity index is 464. The maximum atomic E-state index is 12.1. The van der Waals surface area contributed by atoms with Crippen molar-refractivity contribution in [1.29, 1.82) is 0 Å². The topological polar surface area (TPSA) is 50.5 Å². The van der Waals surface area contributed by atoms with Crippen LogP contribution in [0, 0.1) is 0 Å². The Morgan fingerprint density at radius 1 is 1.50 bits per heavy atom. The van der Waals surface area contributed by atoms with Crippen molar-refractivity contribution < 1.29 is 12.8 Å². The molecule has 2 rings (SSSR count). The number of hydrogen-bond acceptors (Lipinski definition) is 3. The molecule has 1 aromatic heterocycles. The quantitative estimate of drug-likeness (QED) is 0.783. The number of furan rings is 1. The van der Waals surface area contributed by atoms with Gasteiger partial charge in [0.25, 0.3) is 10.0 Å². The van der Waals surface area contributed by atoms with E-state index in [1.165, 1.54) is 10.4 Å². The van der Waals surface area contributed by atoms with Crippen LogP contribution in [0.25, 0.3) is 0 Å². The van der Waals surface area contributed by atoms with Crippen molar-refractivity contribution in [3.8, 4) is 0 Å². The van der Waals surface area contributed by atoms with Crippen LogP contribution in [0.3, 0.4) is 0 Å². The van der Waals surface area contributed by atoms with E-state index < -0.39 is 10.0 Å². The summed E-state index contributed by atoms with van der Waals surface area (Å²) in [5, 5.41) is -0.0162. The fourth-order valence-electron chi connectivity index (χ4n) is 1.66. The smallest absolute Gasteiger partial charge is 0.276 e. The van der Waals surface area contributed by atoms with Gasteiger partial charge in [-0.15, -0.1) is 11.6 Å². The molecule has 1 heterocycles. The lowest BCUT2D eigenvalue weighted by molar-refractivity contribution is 0.244. The van der Waals surface area contributed by atoms with Gasteiger partial charge < -0.3 is 4.42 Å². The second-order valence-corrected chi connectivity index (χ2v) is 6.16. The SMILES string of the molecule is CN(C1CCC1)S(=O)(=O)c1ccc(CCl)o1. The molecule has 0 atom stereocenters. The number of sulfonamides is 1. The standard InChI is InChI=1S/C10H14ClNO3S/c1-12(8-3-2-4-8)16(13,14)10-6-5-9(7-11)15-10/h5-6,8H,2-4,7H2,1H3. The highest BCUT2D eigenvalue weighted by molar-refractivity contribution is 7.89. The van der Waals surface area contributed by atoms with Gasteiger partial charge in [-0.2, -0.15) is 4.31 Å². The first-order chi connectivity index (χ1) is 7.55. The molecule has 0 spiro atoms. The van der Waals surface area contributed by atoms with Crippen LogP contribution in [0.1, 0.15) is 25.0 Å². The van der Waals surface area contributed by atoms with Crippen molar-refractivity contribution in [3.05, 3.63) is 17.9 Å². The molecule has 4 nitrogen and oxygen atoms in total. The van der Waals surface area contributed by atoms with E-state index in [1.807, 2.05) is 0 Å². The summed E-state index contributed by atoms with van der Waals surface area (Å²) in [5.74, 6) is 0.658. The first kappa shape index (κ1) is 12.0. The lowest BCUT2D eigenvalue weighted by atomic mass is 9.94. The average molecular weight is 264 g/mol. The lowest BCUT2D eigenvalue weighted by Gasteiger charge is -2.32. The van der Waals surface area contributed by atoms with Gasteiger partial charge in [-0.05, 0) is 25.0 Å². The van der Waals surface area contributed by atoms with Gasteiger partial charge >= 0.3 is 0 Å². The summed E-state index contributed by atoms with van der Waals surface area (Å²) in [6, 6.07) is 3.17. The van der Waals surface area contributed by atoms with Gasteiger partial charge in [0, 0.05) is 13.1 Å². The van der Waals surface area contributed by atoms with Gasteiger partial charge in [-0.3, -0.25) is 0 Å². The van der Waals surface area contributed by atoms with Crippen molar-refractivity contribution >= 4 is 21.6 Å². The zero-order chi connectivity index (χ0) is 11.8. The molecule has 1 aliphatic rings. The van der Waals surface area contributed by atoms with E-state index in [2.05, 4.69) is 0 Å². The Hall–Kier alpha value is -0.520. The molecule has 0 unspecified atom stereocenters. The number of alkyl halides is 1. The second-order valence-electron chi connectivity index (χ2n) is 3.96. The van der Waals surface area contributed by atoms with Crippen molar-refractivity contribution in [1.82, 2.24) is 4.31 Å². The molecule has 0 aromatic carbocycles. The van der Waals surface area contributed by atoms with Crippen LogP contribution >= 0.6 is 11.6 Å². The monoisotopic (exact) mass is 263 g/mol. The van der Waals surface area contributed by atoms with Crippen molar-refractivity contribution in [2.75, 3.05) is 7.05 Å². The number of nitrogens with zero attached hydrogens (tertiary/aromatic N) is 1. The van der Waals surface area contributed by atoms with E-state index in [0.29, 0.717) is 5.76 Å². The van der Waals surface area contributed by atoms with Gasteiger partial charge in [0.15, 0.2) is 0 Å². The van der Waals surface area contributed by atoms with Gasteiger partial charge in [-0.25, -0.2) is 8.42 Å². The summed E-state index contributed by atoms with van der Waals surface area (Å²) >= 11 is 5.57. The molecule has 16 heavy (non-hydrogen) atoms. The molecule has 1 fully saturated rings. The van der Waals surface area contributed by atoms with E-state index in [4.69, 9.17) is 16.0 Å². The summed E-state index contributed by atoms with van der Waals surface area (Å²) in [5.41, 5.74) is 0. The van der Waals surface area contributed by atoms with Crippen LogP contribution in [-0.2, 0) is 15.9 Å². The largest absolute Gasteiger partial charge is 0.447 e. The molecule has 90 valence electrons. The zero-order valence-electron chi connectivity index (χ0n) is 9.02. The molecule has 0 radical (unpaired) electrons. The third-order valence-electron chi connectivity index (χ3n) is 2.99. The summed E-state index contributed by atoms with van der Waals surface area (Å²) < 4.78 is 30.7. The minimum Gasteiger partial charge on any atom is -0.447 e. The average Bonchev–Trinajstić information content (AvgIpc) is 2.63. The van der Waals surface area contributed by atoms with Gasteiger partial charge in [0.05, 0.1) is 5.88 Å². The van der Waals surface area contributed by atoms with Crippen LogP contribution in [0.15, 0.2) is 21.6 Å². The minimum absolute atomic E-state index is 0.0162. The van der Waals surface area contributed by atoms with Gasteiger partial charge in [0.1, 0.15) is 5.76 Å². The van der Waals surface area contributed by atoms with E-state index in [1.54, 1.807) is 13.1 Å². The summed E-state index contributed by atoms with van der Waals surface area (Å²) in [4.78, 5) is 0. The zero-order valence-corrected chi connectivity index (χ0v) is 10.6. The second kappa shape index (κ2) is 4.39. The van der Waals surface area contributed by atoms with E-state index in [0.717, 1.165) is 19.3 Å². The van der Waals surface area contributed by atoms with Crippen LogP contribution < -0.4 is 0 Å². The normalized spacial score (nSPS) is 17.7. The molecular formula is C10H14ClNO3S. The highest BCUT2D eigenvalue weighted by Gasteiger charge is 2.33. The predicted molar refractivity (Wildman–Crippen MR) is 60.9 cm³/mol. The molecule has 1 aliphatic carbocycles. The molecule has 0 aliphatic heterocycles. The Morgan fingerprint density at radius 2 is 2.19 bits per heavy atom. The number of halogens is 1. The van der Waals surface area contributed by atoms with Crippen LogP contribution in [0.5, 0.6) is 0 Å². The molecule has 0 N–H and O–H groups in total. The third-order valence-corrected chi connectivity index (χ3v) is 5.04. The first-order valence-electron chi connectivity index (χ1n) is 5.18. The van der Waals surface area contributed by atoms with E-state index >= 15 is 0 Å². The van der Waals surface area contributed by atoms with Crippen molar-refractivity contribution in [2.45, 2.75) is 36.3 Å². The molecule has 1 saturated carbocycles. The third kappa shape index (κ3) is 1.99.